The van der Waals surface area contributed by atoms with Crippen LogP contribution in [0.3, 0.4) is 0 Å². The predicted octanol–water partition coefficient (Wildman–Crippen LogP) is 0.427. The number of likely N-dealkylation sites (N-methyl/N-ethyl adjacent to an activating group) is 1. The molecule has 0 fully saturated rings. The Labute approximate surface area is 91.5 Å². The van der Waals surface area contributed by atoms with E-state index in [1.54, 1.807) is 0 Å². The fraction of sp³-hybridized carbons (Fsp3) is 0.333. The van der Waals surface area contributed by atoms with Crippen LogP contribution in [-0.2, 0) is 0 Å². The zero-order chi connectivity index (χ0) is 11.0. The van der Waals surface area contributed by atoms with Gasteiger partial charge >= 0.3 is 0 Å². The Bertz CT molecular complexity index is 476. The van der Waals surface area contributed by atoms with Gasteiger partial charge in [-0.25, -0.2) is 0 Å². The number of rotatable bonds is 3. The molecule has 0 aliphatic rings. The Hall–Kier alpha value is -1.40. The highest BCUT2D eigenvalue weighted by Crippen LogP contribution is 2.36. The van der Waals surface area contributed by atoms with Gasteiger partial charge in [0, 0.05) is 18.6 Å². The summed E-state index contributed by atoms with van der Waals surface area (Å²) >= 11 is 1.46. The number of hydrogen-bond donors (Lipinski definition) is 3. The van der Waals surface area contributed by atoms with Crippen molar-refractivity contribution in [2.75, 3.05) is 36.7 Å². The molecule has 6 heteroatoms. The first-order valence-electron chi connectivity index (χ1n) is 4.62. The number of nitrogens with zero attached hydrogens (tertiary/aromatic N) is 2. The first kappa shape index (κ1) is 10.1. The zero-order valence-corrected chi connectivity index (χ0v) is 9.29. The Kier molecular flexibility index (Phi) is 2.45. The monoisotopic (exact) mass is 226 g/mol. The van der Waals surface area contributed by atoms with Crippen LogP contribution in [0, 0.1) is 0 Å². The molecule has 2 aromatic rings. The van der Waals surface area contributed by atoms with E-state index >= 15 is 0 Å². The average Bonchev–Trinajstić information content (AvgIpc) is 2.70. The van der Waals surface area contributed by atoms with E-state index in [0.717, 1.165) is 10.2 Å². The standard InChI is InChI=1S/C9H14N4OS/c1-12(4-5-14)13-3-2-6-7(10)8(11)15-9(6)13/h2-3,14H,4-5,10-11H2,1H3. The largest absolute Gasteiger partial charge is 0.396 e. The van der Waals surface area contributed by atoms with Crippen LogP contribution in [-0.4, -0.2) is 30.0 Å². The van der Waals surface area contributed by atoms with Gasteiger partial charge in [0.2, 0.25) is 0 Å². The summed E-state index contributed by atoms with van der Waals surface area (Å²) in [7, 11) is 1.90. The molecule has 0 aliphatic heterocycles. The smallest absolute Gasteiger partial charge is 0.126 e. The topological polar surface area (TPSA) is 80.4 Å². The van der Waals surface area contributed by atoms with E-state index in [1.165, 1.54) is 11.3 Å². The van der Waals surface area contributed by atoms with Crippen molar-refractivity contribution in [1.29, 1.82) is 0 Å². The summed E-state index contributed by atoms with van der Waals surface area (Å²) < 4.78 is 1.95. The molecule has 0 saturated carbocycles. The fourth-order valence-corrected chi connectivity index (χ4v) is 2.54. The van der Waals surface area contributed by atoms with Gasteiger partial charge in [-0.2, -0.15) is 0 Å². The molecule has 0 saturated heterocycles. The normalized spacial score (nSPS) is 11.1. The average molecular weight is 226 g/mol. The molecule has 5 nitrogen and oxygen atoms in total. The molecular weight excluding hydrogens is 212 g/mol. The lowest BCUT2D eigenvalue weighted by atomic mass is 10.3. The zero-order valence-electron chi connectivity index (χ0n) is 8.47. The lowest BCUT2D eigenvalue weighted by Crippen LogP contribution is -2.31. The first-order valence-corrected chi connectivity index (χ1v) is 5.44. The minimum Gasteiger partial charge on any atom is -0.396 e. The van der Waals surface area contributed by atoms with Crippen LogP contribution in [0.4, 0.5) is 10.7 Å². The number of nitrogens with two attached hydrogens (primary N) is 2. The number of hydrogen-bond acceptors (Lipinski definition) is 5. The van der Waals surface area contributed by atoms with Crippen LogP contribution in [0.25, 0.3) is 10.2 Å². The molecule has 2 heterocycles. The van der Waals surface area contributed by atoms with Crippen LogP contribution in [0.1, 0.15) is 0 Å². The van der Waals surface area contributed by atoms with Crippen LogP contribution in [0.15, 0.2) is 12.3 Å². The second-order valence-electron chi connectivity index (χ2n) is 3.36. The maximum atomic E-state index is 8.87. The SMILES string of the molecule is CN(CCO)n1ccc2c(N)c(N)sc21. The lowest BCUT2D eigenvalue weighted by Gasteiger charge is -2.19. The Morgan fingerprint density at radius 2 is 2.27 bits per heavy atom. The third-order valence-corrected chi connectivity index (χ3v) is 3.41. The first-order chi connectivity index (χ1) is 7.15. The van der Waals surface area contributed by atoms with Gasteiger partial charge in [-0.3, -0.25) is 4.68 Å². The maximum absolute atomic E-state index is 8.87. The summed E-state index contributed by atoms with van der Waals surface area (Å²) in [5.74, 6) is 0. The van der Waals surface area contributed by atoms with E-state index in [2.05, 4.69) is 0 Å². The van der Waals surface area contributed by atoms with Crippen LogP contribution < -0.4 is 16.5 Å². The summed E-state index contributed by atoms with van der Waals surface area (Å²) in [6, 6.07) is 1.94. The molecule has 0 aromatic carbocycles. The van der Waals surface area contributed by atoms with Crippen LogP contribution >= 0.6 is 11.3 Å². The molecule has 0 bridgehead atoms. The van der Waals surface area contributed by atoms with Crippen molar-refractivity contribution in [3.05, 3.63) is 12.3 Å². The van der Waals surface area contributed by atoms with Crippen molar-refractivity contribution >= 4 is 32.2 Å². The number of anilines is 2. The molecule has 2 aromatic heterocycles. The number of thiophene rings is 1. The van der Waals surface area contributed by atoms with E-state index in [4.69, 9.17) is 16.6 Å². The van der Waals surface area contributed by atoms with Gasteiger partial charge in [0.15, 0.2) is 0 Å². The van der Waals surface area contributed by atoms with Gasteiger partial charge in [-0.15, -0.1) is 0 Å². The molecule has 0 unspecified atom stereocenters. The number of nitrogen functional groups attached to an aromatic ring is 2. The van der Waals surface area contributed by atoms with Gasteiger partial charge in [-0.05, 0) is 6.07 Å². The van der Waals surface area contributed by atoms with Gasteiger partial charge in [0.25, 0.3) is 0 Å². The fourth-order valence-electron chi connectivity index (χ4n) is 1.53. The summed E-state index contributed by atoms with van der Waals surface area (Å²) in [5, 5.41) is 12.4. The van der Waals surface area contributed by atoms with Crippen molar-refractivity contribution < 1.29 is 5.11 Å². The van der Waals surface area contributed by atoms with E-state index in [-0.39, 0.29) is 6.61 Å². The summed E-state index contributed by atoms with van der Waals surface area (Å²) in [4.78, 5) is 1.01. The second kappa shape index (κ2) is 3.63. The van der Waals surface area contributed by atoms with E-state index in [0.29, 0.717) is 17.2 Å². The molecule has 0 amide bonds. The minimum absolute atomic E-state index is 0.118. The third-order valence-electron chi connectivity index (χ3n) is 2.37. The van der Waals surface area contributed by atoms with E-state index < -0.39 is 0 Å². The minimum atomic E-state index is 0.118. The molecule has 82 valence electrons. The highest BCUT2D eigenvalue weighted by molar-refractivity contribution is 7.23. The molecule has 2 rings (SSSR count). The van der Waals surface area contributed by atoms with Gasteiger partial charge in [-0.1, -0.05) is 11.3 Å². The summed E-state index contributed by atoms with van der Waals surface area (Å²) in [5.41, 5.74) is 12.2. The van der Waals surface area contributed by atoms with Crippen molar-refractivity contribution in [3.63, 3.8) is 0 Å². The molecule has 0 aliphatic carbocycles. The highest BCUT2D eigenvalue weighted by atomic mass is 32.1. The highest BCUT2D eigenvalue weighted by Gasteiger charge is 2.12. The number of aliphatic hydroxyl groups is 1. The number of aliphatic hydroxyl groups excluding tert-OH is 1. The lowest BCUT2D eigenvalue weighted by molar-refractivity contribution is 0.296. The van der Waals surface area contributed by atoms with Crippen molar-refractivity contribution in [3.8, 4) is 0 Å². The van der Waals surface area contributed by atoms with E-state index in [9.17, 15) is 0 Å². The van der Waals surface area contributed by atoms with Gasteiger partial charge < -0.3 is 21.6 Å². The molecule has 0 radical (unpaired) electrons. The van der Waals surface area contributed by atoms with E-state index in [1.807, 2.05) is 29.0 Å². The Morgan fingerprint density at radius 1 is 1.53 bits per heavy atom. The molecule has 15 heavy (non-hydrogen) atoms. The second-order valence-corrected chi connectivity index (χ2v) is 4.39. The van der Waals surface area contributed by atoms with Crippen molar-refractivity contribution in [2.45, 2.75) is 0 Å². The van der Waals surface area contributed by atoms with Crippen molar-refractivity contribution in [2.24, 2.45) is 0 Å². The molecular formula is C9H14N4OS. The van der Waals surface area contributed by atoms with Crippen molar-refractivity contribution in [1.82, 2.24) is 4.68 Å². The Balaban J connectivity index is 2.48. The van der Waals surface area contributed by atoms with Gasteiger partial charge in [0.1, 0.15) is 9.83 Å². The maximum Gasteiger partial charge on any atom is 0.126 e. The van der Waals surface area contributed by atoms with Crippen LogP contribution in [0.2, 0.25) is 0 Å². The molecule has 0 atom stereocenters. The number of aromatic nitrogens is 1. The molecule has 5 N–H and O–H groups in total. The molecule has 0 spiro atoms. The van der Waals surface area contributed by atoms with Crippen LogP contribution in [0.5, 0.6) is 0 Å². The van der Waals surface area contributed by atoms with Gasteiger partial charge in [0.05, 0.1) is 18.8 Å². The number of fused-ring (bicyclic) bond motifs is 1. The summed E-state index contributed by atoms with van der Waals surface area (Å²) in [6.07, 6.45) is 1.92. The summed E-state index contributed by atoms with van der Waals surface area (Å²) in [6.45, 7) is 0.688. The quantitative estimate of drug-likeness (QED) is 0.709. The Morgan fingerprint density at radius 3 is 2.93 bits per heavy atom. The predicted molar refractivity (Wildman–Crippen MR) is 64.7 cm³/mol. The third kappa shape index (κ3) is 1.51.